The minimum atomic E-state index is 0.617. The van der Waals surface area contributed by atoms with Crippen LogP contribution >= 0.6 is 15.9 Å². The molecule has 2 atom stereocenters. The van der Waals surface area contributed by atoms with Gasteiger partial charge < -0.3 is 4.90 Å². The molecule has 1 aromatic heterocycles. The molecular formula is C13H19BrN2. The normalized spacial score (nSPS) is 25.8. The molecule has 0 amide bonds. The third-order valence-electron chi connectivity index (χ3n) is 3.40. The molecule has 1 fully saturated rings. The van der Waals surface area contributed by atoms with Gasteiger partial charge in [0.15, 0.2) is 0 Å². The van der Waals surface area contributed by atoms with Crippen molar-refractivity contribution in [3.63, 3.8) is 0 Å². The third-order valence-corrected chi connectivity index (χ3v) is 4.04. The lowest BCUT2D eigenvalue weighted by Gasteiger charge is -2.37. The second kappa shape index (κ2) is 5.17. The number of hydrogen-bond donors (Lipinski definition) is 0. The minimum absolute atomic E-state index is 0.617. The van der Waals surface area contributed by atoms with Gasteiger partial charge in [-0.15, -0.1) is 0 Å². The molecule has 1 aliphatic heterocycles. The van der Waals surface area contributed by atoms with Crippen LogP contribution in [0.1, 0.15) is 32.3 Å². The maximum atomic E-state index is 4.54. The van der Waals surface area contributed by atoms with E-state index in [0.29, 0.717) is 6.04 Å². The van der Waals surface area contributed by atoms with E-state index in [1.165, 1.54) is 18.4 Å². The third kappa shape index (κ3) is 2.57. The van der Waals surface area contributed by atoms with Crippen LogP contribution in [0.3, 0.4) is 0 Å². The molecule has 0 N–H and O–H groups in total. The van der Waals surface area contributed by atoms with Crippen LogP contribution < -0.4 is 4.90 Å². The lowest BCUT2D eigenvalue weighted by molar-refractivity contribution is 0.376. The Bertz CT molecular complexity index is 336. The number of nitrogens with zero attached hydrogens (tertiary/aromatic N) is 2. The quantitative estimate of drug-likeness (QED) is 0.771. The van der Waals surface area contributed by atoms with Gasteiger partial charge in [0.25, 0.3) is 0 Å². The second-order valence-electron chi connectivity index (χ2n) is 4.83. The largest absolute Gasteiger partial charge is 0.354 e. The molecule has 3 heteroatoms. The summed E-state index contributed by atoms with van der Waals surface area (Å²) < 4.78 is 0. The highest BCUT2D eigenvalue weighted by atomic mass is 79.9. The van der Waals surface area contributed by atoms with Crippen LogP contribution in [0.2, 0.25) is 0 Å². The van der Waals surface area contributed by atoms with E-state index in [1.807, 2.05) is 6.20 Å². The van der Waals surface area contributed by atoms with Crippen LogP contribution in [0.4, 0.5) is 5.82 Å². The Kier molecular flexibility index (Phi) is 3.85. The first kappa shape index (κ1) is 11.9. The van der Waals surface area contributed by atoms with Crippen molar-refractivity contribution in [2.75, 3.05) is 11.4 Å². The van der Waals surface area contributed by atoms with E-state index in [9.17, 15) is 0 Å². The summed E-state index contributed by atoms with van der Waals surface area (Å²) in [5.41, 5.74) is 1.24. The van der Waals surface area contributed by atoms with Gasteiger partial charge in [0.1, 0.15) is 5.82 Å². The summed E-state index contributed by atoms with van der Waals surface area (Å²) >= 11 is 3.44. The van der Waals surface area contributed by atoms with E-state index in [4.69, 9.17) is 0 Å². The summed E-state index contributed by atoms with van der Waals surface area (Å²) in [4.78, 5) is 6.97. The Morgan fingerprint density at radius 2 is 2.25 bits per heavy atom. The molecule has 88 valence electrons. The van der Waals surface area contributed by atoms with Crippen LogP contribution in [0.15, 0.2) is 18.3 Å². The number of alkyl halides is 1. The summed E-state index contributed by atoms with van der Waals surface area (Å²) in [6.45, 7) is 5.79. The van der Waals surface area contributed by atoms with E-state index in [2.05, 4.69) is 51.8 Å². The Labute approximate surface area is 106 Å². The molecule has 0 spiro atoms. The van der Waals surface area contributed by atoms with Crippen molar-refractivity contribution in [2.24, 2.45) is 5.92 Å². The van der Waals surface area contributed by atoms with Crippen LogP contribution in [0, 0.1) is 5.92 Å². The van der Waals surface area contributed by atoms with Gasteiger partial charge in [0.05, 0.1) is 0 Å². The molecule has 0 radical (unpaired) electrons. The number of rotatable bonds is 2. The molecule has 2 unspecified atom stereocenters. The number of anilines is 1. The van der Waals surface area contributed by atoms with E-state index < -0.39 is 0 Å². The molecule has 0 bridgehead atoms. The second-order valence-corrected chi connectivity index (χ2v) is 5.39. The fourth-order valence-corrected chi connectivity index (χ4v) is 2.74. The summed E-state index contributed by atoms with van der Waals surface area (Å²) in [5, 5.41) is 0.882. The summed E-state index contributed by atoms with van der Waals surface area (Å²) in [7, 11) is 0. The Morgan fingerprint density at radius 1 is 1.44 bits per heavy atom. The van der Waals surface area contributed by atoms with Crippen molar-refractivity contribution in [2.45, 2.75) is 38.1 Å². The van der Waals surface area contributed by atoms with Crippen molar-refractivity contribution in [3.8, 4) is 0 Å². The number of piperidine rings is 1. The first-order chi connectivity index (χ1) is 7.70. The van der Waals surface area contributed by atoms with Crippen molar-refractivity contribution in [1.82, 2.24) is 4.98 Å². The molecule has 1 saturated heterocycles. The summed E-state index contributed by atoms with van der Waals surface area (Å²) in [5.74, 6) is 1.98. The van der Waals surface area contributed by atoms with Gasteiger partial charge in [-0.2, -0.15) is 0 Å². The van der Waals surface area contributed by atoms with Crippen LogP contribution in [-0.2, 0) is 5.33 Å². The highest BCUT2D eigenvalue weighted by molar-refractivity contribution is 9.08. The van der Waals surface area contributed by atoms with Gasteiger partial charge in [0.2, 0.25) is 0 Å². The molecule has 1 aliphatic rings. The van der Waals surface area contributed by atoms with Gasteiger partial charge in [-0.05, 0) is 37.3 Å². The van der Waals surface area contributed by atoms with Gasteiger partial charge in [-0.3, -0.25) is 0 Å². The van der Waals surface area contributed by atoms with E-state index >= 15 is 0 Å². The number of halogens is 1. The fraction of sp³-hybridized carbons (Fsp3) is 0.615. The number of hydrogen-bond acceptors (Lipinski definition) is 2. The molecule has 0 saturated carbocycles. The van der Waals surface area contributed by atoms with Gasteiger partial charge >= 0.3 is 0 Å². The smallest absolute Gasteiger partial charge is 0.128 e. The zero-order valence-electron chi connectivity index (χ0n) is 9.99. The predicted octanol–water partition coefficient (Wildman–Crippen LogP) is 3.60. The van der Waals surface area contributed by atoms with E-state index in [-0.39, 0.29) is 0 Å². The molecule has 2 rings (SSSR count). The fourth-order valence-electron chi connectivity index (χ4n) is 2.41. The standard InChI is InChI=1S/C13H19BrN2/c1-10-5-6-16(11(2)7-10)13-4-3-12(8-14)9-15-13/h3-4,9-11H,5-8H2,1-2H3. The molecule has 2 heterocycles. The van der Waals surface area contributed by atoms with E-state index in [0.717, 1.165) is 23.6 Å². The minimum Gasteiger partial charge on any atom is -0.354 e. The molecule has 0 aromatic carbocycles. The first-order valence-corrected chi connectivity index (χ1v) is 7.10. The number of pyridine rings is 1. The Hall–Kier alpha value is -0.570. The zero-order chi connectivity index (χ0) is 11.5. The molecule has 16 heavy (non-hydrogen) atoms. The van der Waals surface area contributed by atoms with E-state index in [1.54, 1.807) is 0 Å². The highest BCUT2D eigenvalue weighted by Crippen LogP contribution is 2.26. The van der Waals surface area contributed by atoms with Crippen LogP contribution in [0.25, 0.3) is 0 Å². The predicted molar refractivity (Wildman–Crippen MR) is 72.1 cm³/mol. The lowest BCUT2D eigenvalue weighted by Crippen LogP contribution is -2.40. The van der Waals surface area contributed by atoms with Crippen LogP contribution in [0.5, 0.6) is 0 Å². The average Bonchev–Trinajstić information content (AvgIpc) is 2.29. The average molecular weight is 283 g/mol. The summed E-state index contributed by atoms with van der Waals surface area (Å²) in [6.07, 6.45) is 4.53. The topological polar surface area (TPSA) is 16.1 Å². The summed E-state index contributed by atoms with van der Waals surface area (Å²) in [6, 6.07) is 4.91. The van der Waals surface area contributed by atoms with Crippen molar-refractivity contribution >= 4 is 21.7 Å². The maximum Gasteiger partial charge on any atom is 0.128 e. The van der Waals surface area contributed by atoms with Crippen molar-refractivity contribution in [1.29, 1.82) is 0 Å². The molecular weight excluding hydrogens is 264 g/mol. The van der Waals surface area contributed by atoms with Gasteiger partial charge in [-0.25, -0.2) is 4.98 Å². The highest BCUT2D eigenvalue weighted by Gasteiger charge is 2.23. The monoisotopic (exact) mass is 282 g/mol. The van der Waals surface area contributed by atoms with Gasteiger partial charge in [-0.1, -0.05) is 28.9 Å². The zero-order valence-corrected chi connectivity index (χ0v) is 11.6. The molecule has 0 aliphatic carbocycles. The Morgan fingerprint density at radius 3 is 2.81 bits per heavy atom. The maximum absolute atomic E-state index is 4.54. The lowest BCUT2D eigenvalue weighted by atomic mass is 9.93. The van der Waals surface area contributed by atoms with Crippen LogP contribution in [-0.4, -0.2) is 17.6 Å². The molecule has 2 nitrogen and oxygen atoms in total. The van der Waals surface area contributed by atoms with Crippen molar-refractivity contribution in [3.05, 3.63) is 23.9 Å². The Balaban J connectivity index is 2.11. The molecule has 1 aromatic rings. The SMILES string of the molecule is CC1CCN(c2ccc(CBr)cn2)C(C)C1. The number of aromatic nitrogens is 1. The first-order valence-electron chi connectivity index (χ1n) is 5.98. The van der Waals surface area contributed by atoms with Gasteiger partial charge in [0, 0.05) is 24.1 Å². The van der Waals surface area contributed by atoms with Crippen molar-refractivity contribution < 1.29 is 0 Å².